The van der Waals surface area contributed by atoms with Gasteiger partial charge in [-0.1, -0.05) is 23.9 Å². The zero-order valence-electron chi connectivity index (χ0n) is 8.30. The maximum atomic E-state index is 5.57. The second-order valence-electron chi connectivity index (χ2n) is 2.96. The molecule has 1 aliphatic heterocycles. The maximum Gasteiger partial charge on any atom is 0.190 e. The summed E-state index contributed by atoms with van der Waals surface area (Å²) in [4.78, 5) is 8.48. The van der Waals surface area contributed by atoms with Gasteiger partial charge in [0, 0.05) is 0 Å². The van der Waals surface area contributed by atoms with Gasteiger partial charge in [-0.25, -0.2) is 9.98 Å². The maximum absolute atomic E-state index is 5.57. The van der Waals surface area contributed by atoms with Crippen molar-refractivity contribution in [2.24, 2.45) is 15.7 Å². The van der Waals surface area contributed by atoms with Crippen molar-refractivity contribution in [3.05, 3.63) is 24.3 Å². The van der Waals surface area contributed by atoms with E-state index in [0.29, 0.717) is 16.8 Å². The van der Waals surface area contributed by atoms with Crippen LogP contribution >= 0.6 is 11.8 Å². The minimum absolute atomic E-state index is 0.619. The fourth-order valence-corrected chi connectivity index (χ4v) is 1.89. The Kier molecular flexibility index (Phi) is 2.91. The topological polar surface area (TPSA) is 60.0 Å². The van der Waals surface area contributed by atoms with Crippen molar-refractivity contribution in [3.8, 4) is 5.75 Å². The molecule has 5 heteroatoms. The van der Waals surface area contributed by atoms with Crippen LogP contribution in [0.25, 0.3) is 0 Å². The van der Waals surface area contributed by atoms with Gasteiger partial charge in [0.05, 0.1) is 12.9 Å². The number of hydrogen-bond donors (Lipinski definition) is 1. The number of hydrogen-bond acceptors (Lipinski definition) is 4. The largest absolute Gasteiger partial charge is 0.494 e. The van der Waals surface area contributed by atoms with Crippen molar-refractivity contribution in [1.29, 1.82) is 0 Å². The van der Waals surface area contributed by atoms with Crippen LogP contribution in [0.15, 0.2) is 34.3 Å². The molecule has 1 aromatic rings. The first kappa shape index (κ1) is 10.0. The Labute approximate surface area is 92.3 Å². The monoisotopic (exact) mass is 221 g/mol. The average Bonchev–Trinajstić information content (AvgIpc) is 2.65. The van der Waals surface area contributed by atoms with Gasteiger partial charge in [0.15, 0.2) is 5.17 Å². The summed E-state index contributed by atoms with van der Waals surface area (Å²) in [5.74, 6) is 2.08. The molecule has 4 nitrogen and oxygen atoms in total. The van der Waals surface area contributed by atoms with Gasteiger partial charge >= 0.3 is 0 Å². The molecule has 78 valence electrons. The van der Waals surface area contributed by atoms with Crippen LogP contribution in [0.5, 0.6) is 5.75 Å². The summed E-state index contributed by atoms with van der Waals surface area (Å²) < 4.78 is 5.19. The van der Waals surface area contributed by atoms with Crippen LogP contribution in [0.4, 0.5) is 5.69 Å². The Hall–Kier alpha value is -1.49. The lowest BCUT2D eigenvalue weighted by Crippen LogP contribution is -2.09. The van der Waals surface area contributed by atoms with Crippen LogP contribution in [-0.4, -0.2) is 23.9 Å². The molecule has 0 radical (unpaired) electrons. The third kappa shape index (κ3) is 2.30. The number of amidine groups is 2. The van der Waals surface area contributed by atoms with Crippen LogP contribution in [-0.2, 0) is 0 Å². The summed E-state index contributed by atoms with van der Waals surface area (Å²) in [7, 11) is 1.62. The molecule has 0 unspecified atom stereocenters. The van der Waals surface area contributed by atoms with Gasteiger partial charge in [-0.15, -0.1) is 0 Å². The zero-order chi connectivity index (χ0) is 10.7. The number of nitrogens with two attached hydrogens (primary N) is 1. The van der Waals surface area contributed by atoms with Crippen LogP contribution < -0.4 is 10.5 Å². The number of aliphatic imine (C=N–C) groups is 2. The quantitative estimate of drug-likeness (QED) is 0.828. The van der Waals surface area contributed by atoms with Crippen LogP contribution in [0.2, 0.25) is 0 Å². The van der Waals surface area contributed by atoms with Crippen molar-refractivity contribution in [1.82, 2.24) is 0 Å². The molecule has 0 saturated carbocycles. The molecule has 0 aliphatic carbocycles. The number of rotatable bonds is 2. The lowest BCUT2D eigenvalue weighted by atomic mass is 10.3. The van der Waals surface area contributed by atoms with Gasteiger partial charge in [-0.2, -0.15) is 0 Å². The van der Waals surface area contributed by atoms with E-state index in [1.54, 1.807) is 7.11 Å². The number of methoxy groups -OCH3 is 1. The molecule has 1 heterocycles. The molecular weight excluding hydrogens is 210 g/mol. The first-order chi connectivity index (χ1) is 7.29. The van der Waals surface area contributed by atoms with Crippen LogP contribution in [0, 0.1) is 0 Å². The SMILES string of the molecule is COc1ccccc1N=C1N=C(N)CS1. The molecule has 2 rings (SSSR count). The van der Waals surface area contributed by atoms with Crippen LogP contribution in [0.3, 0.4) is 0 Å². The molecule has 0 fully saturated rings. The Morgan fingerprint density at radius 3 is 2.93 bits per heavy atom. The van der Waals surface area contributed by atoms with Crippen molar-refractivity contribution in [2.75, 3.05) is 12.9 Å². The molecule has 0 aromatic heterocycles. The number of nitrogens with zero attached hydrogens (tertiary/aromatic N) is 2. The van der Waals surface area contributed by atoms with E-state index in [0.717, 1.165) is 11.4 Å². The van der Waals surface area contributed by atoms with Crippen LogP contribution in [0.1, 0.15) is 0 Å². The Bertz CT molecular complexity index is 428. The Balaban J connectivity index is 2.31. The van der Waals surface area contributed by atoms with Gasteiger partial charge in [0.2, 0.25) is 0 Å². The van der Waals surface area contributed by atoms with Gasteiger partial charge in [0.1, 0.15) is 17.3 Å². The van der Waals surface area contributed by atoms with E-state index >= 15 is 0 Å². The van der Waals surface area contributed by atoms with Crippen molar-refractivity contribution < 1.29 is 4.74 Å². The predicted molar refractivity (Wildman–Crippen MR) is 64.2 cm³/mol. The second-order valence-corrected chi connectivity index (χ2v) is 3.90. The Morgan fingerprint density at radius 2 is 2.27 bits per heavy atom. The summed E-state index contributed by atoms with van der Waals surface area (Å²) in [6.45, 7) is 0. The van der Waals surface area contributed by atoms with E-state index in [4.69, 9.17) is 10.5 Å². The summed E-state index contributed by atoms with van der Waals surface area (Å²) in [6, 6.07) is 7.57. The summed E-state index contributed by atoms with van der Waals surface area (Å²) in [5.41, 5.74) is 6.35. The summed E-state index contributed by atoms with van der Waals surface area (Å²) in [6.07, 6.45) is 0. The average molecular weight is 221 g/mol. The van der Waals surface area contributed by atoms with E-state index in [2.05, 4.69) is 9.98 Å². The highest BCUT2D eigenvalue weighted by molar-refractivity contribution is 8.14. The molecular formula is C10H11N3OS. The molecule has 0 atom stereocenters. The molecule has 0 amide bonds. The number of para-hydroxylation sites is 2. The number of thioether (sulfide) groups is 1. The molecule has 15 heavy (non-hydrogen) atoms. The summed E-state index contributed by atoms with van der Waals surface area (Å²) in [5, 5.41) is 0.692. The van der Waals surface area contributed by atoms with E-state index in [9.17, 15) is 0 Å². The second kappa shape index (κ2) is 4.35. The van der Waals surface area contributed by atoms with Gasteiger partial charge in [-0.05, 0) is 12.1 Å². The first-order valence-electron chi connectivity index (χ1n) is 4.47. The molecule has 1 aromatic carbocycles. The fourth-order valence-electron chi connectivity index (χ4n) is 1.21. The van der Waals surface area contributed by atoms with E-state index in [-0.39, 0.29) is 0 Å². The smallest absolute Gasteiger partial charge is 0.190 e. The fraction of sp³-hybridized carbons (Fsp3) is 0.200. The molecule has 2 N–H and O–H groups in total. The molecule has 0 bridgehead atoms. The lowest BCUT2D eigenvalue weighted by Gasteiger charge is -2.02. The Morgan fingerprint density at radius 1 is 1.47 bits per heavy atom. The summed E-state index contributed by atoms with van der Waals surface area (Å²) >= 11 is 1.53. The van der Waals surface area contributed by atoms with Crippen molar-refractivity contribution in [3.63, 3.8) is 0 Å². The highest BCUT2D eigenvalue weighted by Crippen LogP contribution is 2.28. The van der Waals surface area contributed by atoms with Gasteiger partial charge in [-0.3, -0.25) is 0 Å². The minimum Gasteiger partial charge on any atom is -0.494 e. The standard InChI is InChI=1S/C10H11N3OS/c1-14-8-5-3-2-4-7(8)12-10-13-9(11)6-15-10/h2-5H,6H2,1H3,(H2,11,12,13). The third-order valence-corrected chi connectivity index (χ3v) is 2.77. The normalized spacial score (nSPS) is 17.9. The number of benzene rings is 1. The van der Waals surface area contributed by atoms with Crippen molar-refractivity contribution in [2.45, 2.75) is 0 Å². The van der Waals surface area contributed by atoms with E-state index in [1.165, 1.54) is 11.8 Å². The third-order valence-electron chi connectivity index (χ3n) is 1.89. The van der Waals surface area contributed by atoms with Crippen molar-refractivity contribution >= 4 is 28.5 Å². The minimum atomic E-state index is 0.619. The molecule has 0 saturated heterocycles. The first-order valence-corrected chi connectivity index (χ1v) is 5.45. The highest BCUT2D eigenvalue weighted by atomic mass is 32.2. The highest BCUT2D eigenvalue weighted by Gasteiger charge is 2.11. The zero-order valence-corrected chi connectivity index (χ0v) is 9.12. The lowest BCUT2D eigenvalue weighted by molar-refractivity contribution is 0.416. The van der Waals surface area contributed by atoms with E-state index < -0.39 is 0 Å². The molecule has 0 spiro atoms. The van der Waals surface area contributed by atoms with Gasteiger partial charge < -0.3 is 10.5 Å². The predicted octanol–water partition coefficient (Wildman–Crippen LogP) is 1.79. The number of ether oxygens (including phenoxy) is 1. The van der Waals surface area contributed by atoms with E-state index in [1.807, 2.05) is 24.3 Å². The molecule has 1 aliphatic rings. The van der Waals surface area contributed by atoms with Gasteiger partial charge in [0.25, 0.3) is 0 Å².